The van der Waals surface area contributed by atoms with Gasteiger partial charge in [0.05, 0.1) is 72.5 Å². The molecule has 0 saturated heterocycles. The predicted octanol–water partition coefficient (Wildman–Crippen LogP) is 1.89. The van der Waals surface area contributed by atoms with Crippen LogP contribution in [0, 0.1) is 0 Å². The molecule has 33 heavy (non-hydrogen) atoms. The maximum Gasteiger partial charge on any atom is 0.305 e. The van der Waals surface area contributed by atoms with Gasteiger partial charge in [0.15, 0.2) is 0 Å². The Morgan fingerprint density at radius 2 is 1.39 bits per heavy atom. The Kier molecular flexibility index (Phi) is 20.1. The van der Waals surface area contributed by atoms with Crippen molar-refractivity contribution in [2.24, 2.45) is 0 Å². The number of carboxylic acid groups (broad SMARTS) is 1. The first-order valence-corrected chi connectivity index (χ1v) is 13.1. The quantitative estimate of drug-likeness (QED) is 0.167. The van der Waals surface area contributed by atoms with Crippen LogP contribution in [-0.2, 0) is 33.3 Å². The summed E-state index contributed by atoms with van der Waals surface area (Å²) in [5.41, 5.74) is 0. The van der Waals surface area contributed by atoms with Crippen molar-refractivity contribution in [2.75, 3.05) is 78.4 Å². The third-order valence-electron chi connectivity index (χ3n) is 3.71. The first kappa shape index (κ1) is 29.6. The molecule has 1 rings (SSSR count). The molecule has 0 bridgehead atoms. The lowest BCUT2D eigenvalue weighted by molar-refractivity contribution is -0.138. The van der Waals surface area contributed by atoms with Crippen LogP contribution in [0.4, 0.5) is 0 Å². The zero-order valence-electron chi connectivity index (χ0n) is 18.8. The van der Waals surface area contributed by atoms with Gasteiger partial charge in [-0.25, -0.2) is 4.98 Å². The molecule has 0 aromatic carbocycles. The maximum absolute atomic E-state index is 11.8. The first-order valence-electron chi connectivity index (χ1n) is 10.8. The highest BCUT2D eigenvalue weighted by Crippen LogP contribution is 2.29. The minimum atomic E-state index is -0.875. The van der Waals surface area contributed by atoms with E-state index in [1.54, 1.807) is 27.8 Å². The number of rotatable bonds is 23. The van der Waals surface area contributed by atoms with Crippen LogP contribution in [0.3, 0.4) is 0 Å². The lowest BCUT2D eigenvalue weighted by atomic mass is 10.4. The van der Waals surface area contributed by atoms with E-state index in [-0.39, 0.29) is 18.9 Å². The maximum atomic E-state index is 11.8. The standard InChI is InChI=1S/C21H34N2O8S2/c24-19(5-18-32-33-20-3-1-2-6-23-20)22-7-9-28-11-13-30-15-17-31-16-14-29-12-10-27-8-4-21(25)26/h1-3,6H,4-5,7-18H2,(H,22,24)(H,25,26). The summed E-state index contributed by atoms with van der Waals surface area (Å²) in [4.78, 5) is 26.3. The Morgan fingerprint density at radius 1 is 0.818 bits per heavy atom. The third kappa shape index (κ3) is 20.9. The fourth-order valence-corrected chi connectivity index (χ4v) is 3.99. The molecular weight excluding hydrogens is 472 g/mol. The number of amides is 1. The Balaban J connectivity index is 1.72. The summed E-state index contributed by atoms with van der Waals surface area (Å²) >= 11 is 0. The molecule has 188 valence electrons. The molecule has 0 radical (unpaired) electrons. The van der Waals surface area contributed by atoms with Crippen LogP contribution in [0.15, 0.2) is 29.4 Å². The lowest BCUT2D eigenvalue weighted by Gasteiger charge is -2.08. The van der Waals surface area contributed by atoms with Crippen molar-refractivity contribution in [1.82, 2.24) is 10.3 Å². The molecule has 0 aliphatic rings. The number of carbonyl (C=O) groups is 2. The number of nitrogens with zero attached hydrogens (tertiary/aromatic N) is 1. The third-order valence-corrected chi connectivity index (χ3v) is 5.98. The summed E-state index contributed by atoms with van der Waals surface area (Å²) in [6.07, 6.45) is 2.21. The summed E-state index contributed by atoms with van der Waals surface area (Å²) in [5, 5.41) is 12.2. The topological polar surface area (TPSA) is 125 Å². The molecule has 0 fully saturated rings. The van der Waals surface area contributed by atoms with E-state index in [0.717, 1.165) is 10.8 Å². The average molecular weight is 507 g/mol. The van der Waals surface area contributed by atoms with Crippen molar-refractivity contribution in [3.8, 4) is 0 Å². The van der Waals surface area contributed by atoms with Crippen LogP contribution < -0.4 is 5.32 Å². The van der Waals surface area contributed by atoms with E-state index >= 15 is 0 Å². The van der Waals surface area contributed by atoms with Crippen molar-refractivity contribution >= 4 is 33.5 Å². The number of carboxylic acids is 1. The molecule has 0 unspecified atom stereocenters. The molecule has 1 amide bonds. The number of aromatic nitrogens is 1. The number of pyridine rings is 1. The Bertz CT molecular complexity index is 613. The predicted molar refractivity (Wildman–Crippen MR) is 127 cm³/mol. The molecule has 0 aliphatic carbocycles. The molecule has 1 aromatic rings. The van der Waals surface area contributed by atoms with Crippen LogP contribution >= 0.6 is 21.6 Å². The van der Waals surface area contributed by atoms with Gasteiger partial charge in [-0.05, 0) is 22.9 Å². The summed E-state index contributed by atoms with van der Waals surface area (Å²) in [5.74, 6) is -0.144. The van der Waals surface area contributed by atoms with Crippen LogP contribution in [0.25, 0.3) is 0 Å². The minimum absolute atomic E-state index is 0.00230. The number of nitrogens with one attached hydrogen (secondary N) is 1. The number of carbonyl (C=O) groups excluding carboxylic acids is 1. The van der Waals surface area contributed by atoms with Gasteiger partial charge in [0.2, 0.25) is 5.91 Å². The van der Waals surface area contributed by atoms with Gasteiger partial charge in [0.25, 0.3) is 0 Å². The van der Waals surface area contributed by atoms with Gasteiger partial charge in [0.1, 0.15) is 5.03 Å². The molecule has 12 heteroatoms. The van der Waals surface area contributed by atoms with E-state index in [2.05, 4.69) is 10.3 Å². The van der Waals surface area contributed by atoms with Crippen molar-refractivity contribution in [2.45, 2.75) is 17.9 Å². The fourth-order valence-electron chi connectivity index (χ4n) is 2.12. The van der Waals surface area contributed by atoms with Gasteiger partial charge in [0, 0.05) is 24.9 Å². The summed E-state index contributed by atoms with van der Waals surface area (Å²) < 4.78 is 26.6. The molecule has 1 heterocycles. The highest BCUT2D eigenvalue weighted by molar-refractivity contribution is 8.76. The highest BCUT2D eigenvalue weighted by Gasteiger charge is 2.02. The Labute approximate surface area is 202 Å². The van der Waals surface area contributed by atoms with Crippen molar-refractivity contribution in [3.63, 3.8) is 0 Å². The molecule has 0 atom stereocenters. The molecule has 0 spiro atoms. The first-order chi connectivity index (χ1) is 16.2. The lowest BCUT2D eigenvalue weighted by Crippen LogP contribution is -2.27. The summed E-state index contributed by atoms with van der Waals surface area (Å²) in [6.45, 7) is 4.62. The average Bonchev–Trinajstić information content (AvgIpc) is 2.81. The molecule has 2 N–H and O–H groups in total. The minimum Gasteiger partial charge on any atom is -0.481 e. The normalized spacial score (nSPS) is 10.9. The molecule has 1 aromatic heterocycles. The second kappa shape index (κ2) is 22.4. The van der Waals surface area contributed by atoms with Gasteiger partial charge in [-0.15, -0.1) is 0 Å². The van der Waals surface area contributed by atoms with Crippen LogP contribution in [0.5, 0.6) is 0 Å². The van der Waals surface area contributed by atoms with E-state index in [4.69, 9.17) is 28.8 Å². The Morgan fingerprint density at radius 3 is 1.94 bits per heavy atom. The van der Waals surface area contributed by atoms with Gasteiger partial charge >= 0.3 is 5.97 Å². The van der Waals surface area contributed by atoms with Gasteiger partial charge < -0.3 is 34.1 Å². The van der Waals surface area contributed by atoms with Crippen molar-refractivity contribution in [1.29, 1.82) is 0 Å². The summed E-state index contributed by atoms with van der Waals surface area (Å²) in [7, 11) is 3.17. The molecular formula is C21H34N2O8S2. The van der Waals surface area contributed by atoms with Gasteiger partial charge in [-0.1, -0.05) is 16.9 Å². The van der Waals surface area contributed by atoms with Crippen molar-refractivity contribution in [3.05, 3.63) is 24.4 Å². The van der Waals surface area contributed by atoms with Gasteiger partial charge in [-0.3, -0.25) is 9.59 Å². The number of aliphatic carboxylic acids is 1. The van der Waals surface area contributed by atoms with E-state index in [9.17, 15) is 9.59 Å². The van der Waals surface area contributed by atoms with Crippen molar-refractivity contribution < 1.29 is 38.4 Å². The molecule has 0 aliphatic heterocycles. The zero-order chi connectivity index (χ0) is 23.8. The number of ether oxygens (including phenoxy) is 5. The van der Waals surface area contributed by atoms with Crippen LogP contribution in [0.2, 0.25) is 0 Å². The van der Waals surface area contributed by atoms with E-state index in [1.165, 1.54) is 0 Å². The highest BCUT2D eigenvalue weighted by atomic mass is 33.1. The Hall–Kier alpha value is -1.41. The number of hydrogen-bond acceptors (Lipinski definition) is 10. The number of hydrogen-bond donors (Lipinski definition) is 2. The largest absolute Gasteiger partial charge is 0.481 e. The molecule has 0 saturated carbocycles. The monoisotopic (exact) mass is 506 g/mol. The van der Waals surface area contributed by atoms with Gasteiger partial charge in [-0.2, -0.15) is 0 Å². The zero-order valence-corrected chi connectivity index (χ0v) is 20.4. The SMILES string of the molecule is O=C(O)CCOCCOCCOCCOCCOCCNC(=O)CCSSc1ccccn1. The second-order valence-corrected chi connectivity index (χ2v) is 8.81. The van der Waals surface area contributed by atoms with E-state index in [1.807, 2.05) is 18.2 Å². The second-order valence-electron chi connectivity index (χ2n) is 6.38. The van der Waals surface area contributed by atoms with Crippen LogP contribution in [-0.4, -0.2) is 100 Å². The van der Waals surface area contributed by atoms with E-state index < -0.39 is 5.97 Å². The smallest absolute Gasteiger partial charge is 0.305 e. The fraction of sp³-hybridized carbons (Fsp3) is 0.667. The molecule has 10 nitrogen and oxygen atoms in total. The summed E-state index contributed by atoms with van der Waals surface area (Å²) in [6, 6.07) is 5.75. The van der Waals surface area contributed by atoms with Crippen LogP contribution in [0.1, 0.15) is 12.8 Å². The van der Waals surface area contributed by atoms with E-state index in [0.29, 0.717) is 72.4 Å².